The summed E-state index contributed by atoms with van der Waals surface area (Å²) in [6.07, 6.45) is -3.30. The number of halogens is 3. The summed E-state index contributed by atoms with van der Waals surface area (Å²) < 4.78 is 49.1. The first-order chi connectivity index (χ1) is 15.8. The van der Waals surface area contributed by atoms with Gasteiger partial charge in [0.25, 0.3) is 0 Å². The van der Waals surface area contributed by atoms with E-state index in [-0.39, 0.29) is 11.0 Å². The molecule has 176 valence electrons. The fraction of sp³-hybridized carbons (Fsp3) is 0.364. The highest BCUT2D eigenvalue weighted by atomic mass is 32.1. The highest BCUT2D eigenvalue weighted by Gasteiger charge is 2.34. The van der Waals surface area contributed by atoms with E-state index < -0.39 is 24.0 Å². The van der Waals surface area contributed by atoms with Gasteiger partial charge in [0.15, 0.2) is 10.8 Å². The van der Waals surface area contributed by atoms with Crippen LogP contribution in [0.2, 0.25) is 0 Å². The van der Waals surface area contributed by atoms with E-state index in [1.165, 1.54) is 0 Å². The molecule has 2 aromatic heterocycles. The van der Waals surface area contributed by atoms with E-state index in [2.05, 4.69) is 20.5 Å². The quantitative estimate of drug-likeness (QED) is 0.508. The number of morpholine rings is 1. The van der Waals surface area contributed by atoms with Gasteiger partial charge < -0.3 is 19.8 Å². The lowest BCUT2D eigenvalue weighted by Gasteiger charge is -2.34. The topological polar surface area (TPSA) is 79.6 Å². The Labute approximate surface area is 192 Å². The average Bonchev–Trinajstić information content (AvgIpc) is 3.50. The van der Waals surface area contributed by atoms with Crippen molar-refractivity contribution in [1.29, 1.82) is 0 Å². The predicted octanol–water partition coefficient (Wildman–Crippen LogP) is 4.75. The number of anilines is 2. The van der Waals surface area contributed by atoms with Crippen molar-refractivity contribution in [3.8, 4) is 0 Å². The minimum atomic E-state index is -4.47. The largest absolute Gasteiger partial charge is 0.466 e. The Hall–Kier alpha value is -2.89. The van der Waals surface area contributed by atoms with E-state index >= 15 is 0 Å². The minimum Gasteiger partial charge on any atom is -0.466 e. The maximum absolute atomic E-state index is 13.0. The van der Waals surface area contributed by atoms with Crippen LogP contribution >= 0.6 is 11.3 Å². The molecular weight excluding hydrogens is 457 g/mol. The first-order valence-electron chi connectivity index (χ1n) is 10.4. The van der Waals surface area contributed by atoms with Crippen LogP contribution in [-0.2, 0) is 15.7 Å². The number of hydrogen-bond acceptors (Lipinski definition) is 7. The van der Waals surface area contributed by atoms with Crippen LogP contribution in [0.15, 0.2) is 52.5 Å². The number of thiazole rings is 1. The van der Waals surface area contributed by atoms with Crippen molar-refractivity contribution < 1.29 is 27.1 Å². The number of alkyl halides is 3. The third-order valence-corrected chi connectivity index (χ3v) is 6.11. The zero-order chi connectivity index (χ0) is 23.4. The molecule has 1 aliphatic heterocycles. The average molecular weight is 481 g/mol. The van der Waals surface area contributed by atoms with Crippen LogP contribution in [0.3, 0.4) is 0 Å². The second kappa shape index (κ2) is 9.94. The molecule has 33 heavy (non-hydrogen) atoms. The van der Waals surface area contributed by atoms with Crippen LogP contribution in [0.4, 0.5) is 24.0 Å². The number of ether oxygens (including phenoxy) is 1. The van der Waals surface area contributed by atoms with E-state index in [0.717, 1.165) is 22.3 Å². The number of carbonyl (C=O) groups is 1. The Morgan fingerprint density at radius 3 is 2.52 bits per heavy atom. The molecule has 2 N–H and O–H groups in total. The lowest BCUT2D eigenvalue weighted by molar-refractivity contribution is -0.140. The van der Waals surface area contributed by atoms with Gasteiger partial charge in [-0.1, -0.05) is 12.1 Å². The van der Waals surface area contributed by atoms with Gasteiger partial charge >= 0.3 is 6.18 Å². The van der Waals surface area contributed by atoms with Gasteiger partial charge in [0.05, 0.1) is 25.4 Å². The molecule has 1 aliphatic rings. The van der Waals surface area contributed by atoms with Gasteiger partial charge in [0, 0.05) is 24.2 Å². The molecular formula is C22H23F3N4O3S. The van der Waals surface area contributed by atoms with Gasteiger partial charge in [-0.3, -0.25) is 9.69 Å². The fourth-order valence-electron chi connectivity index (χ4n) is 3.48. The standard InChI is InChI=1S/C22H23F3N4O3S/c1-14(20(30)28-19(17-3-2-10-32-17)29-8-11-31-12-9-29)15-4-6-16(7-5-15)26-21-27-18(13-33-21)22(23,24)25/h2-7,10,13-14,19H,8-9,11-12H2,1H3,(H,26,27)(H,28,30). The Balaban J connectivity index is 1.41. The number of amides is 1. The Morgan fingerprint density at radius 2 is 1.91 bits per heavy atom. The second-order valence-electron chi connectivity index (χ2n) is 7.58. The van der Waals surface area contributed by atoms with E-state index in [9.17, 15) is 18.0 Å². The second-order valence-corrected chi connectivity index (χ2v) is 8.44. The van der Waals surface area contributed by atoms with Gasteiger partial charge in [0.1, 0.15) is 11.9 Å². The number of nitrogens with one attached hydrogen (secondary N) is 2. The normalized spacial score (nSPS) is 16.8. The van der Waals surface area contributed by atoms with Crippen molar-refractivity contribution >= 4 is 28.1 Å². The molecule has 2 atom stereocenters. The zero-order valence-electron chi connectivity index (χ0n) is 17.8. The predicted molar refractivity (Wildman–Crippen MR) is 117 cm³/mol. The van der Waals surface area contributed by atoms with Gasteiger partial charge in [-0.15, -0.1) is 11.3 Å². The van der Waals surface area contributed by atoms with Gasteiger partial charge in [-0.2, -0.15) is 13.2 Å². The molecule has 1 saturated heterocycles. The van der Waals surface area contributed by atoms with Crippen LogP contribution in [0.1, 0.15) is 36.0 Å². The third-order valence-electron chi connectivity index (χ3n) is 5.35. The molecule has 0 saturated carbocycles. The van der Waals surface area contributed by atoms with Crippen molar-refractivity contribution in [3.05, 3.63) is 65.1 Å². The van der Waals surface area contributed by atoms with Crippen molar-refractivity contribution in [2.45, 2.75) is 25.2 Å². The lowest BCUT2D eigenvalue weighted by atomic mass is 10.00. The lowest BCUT2D eigenvalue weighted by Crippen LogP contribution is -2.47. The smallest absolute Gasteiger partial charge is 0.434 e. The molecule has 7 nitrogen and oxygen atoms in total. The molecule has 3 heterocycles. The number of rotatable bonds is 7. The minimum absolute atomic E-state index is 0.146. The van der Waals surface area contributed by atoms with Gasteiger partial charge in [0.2, 0.25) is 5.91 Å². The molecule has 4 rings (SSSR count). The molecule has 1 fully saturated rings. The summed E-state index contributed by atoms with van der Waals surface area (Å²) in [5.74, 6) is 0.0336. The SMILES string of the molecule is CC(C(=O)NC(c1ccco1)N1CCOCC1)c1ccc(Nc2nc(C(F)(F)F)cs2)cc1. The summed E-state index contributed by atoms with van der Waals surface area (Å²) in [6, 6.07) is 10.6. The Kier molecular flexibility index (Phi) is 7.01. The van der Waals surface area contributed by atoms with Crippen molar-refractivity contribution in [2.75, 3.05) is 31.6 Å². The Morgan fingerprint density at radius 1 is 1.18 bits per heavy atom. The van der Waals surface area contributed by atoms with E-state index in [4.69, 9.17) is 9.15 Å². The third kappa shape index (κ3) is 5.73. The molecule has 1 aromatic carbocycles. The maximum Gasteiger partial charge on any atom is 0.434 e. The molecule has 0 aliphatic carbocycles. The van der Waals surface area contributed by atoms with Crippen molar-refractivity contribution in [2.24, 2.45) is 0 Å². The number of aromatic nitrogens is 1. The molecule has 2 unspecified atom stereocenters. The van der Waals surface area contributed by atoms with Gasteiger partial charge in [-0.05, 0) is 36.8 Å². The molecule has 3 aromatic rings. The number of nitrogens with zero attached hydrogens (tertiary/aromatic N) is 2. The first kappa shape index (κ1) is 23.3. The number of carbonyl (C=O) groups excluding carboxylic acids is 1. The van der Waals surface area contributed by atoms with Crippen molar-refractivity contribution in [3.63, 3.8) is 0 Å². The summed E-state index contributed by atoms with van der Waals surface area (Å²) in [6.45, 7) is 4.31. The number of furan rings is 1. The fourth-order valence-corrected chi connectivity index (χ4v) is 4.21. The molecule has 0 radical (unpaired) electrons. The Bertz CT molecular complexity index is 1050. The molecule has 11 heteroatoms. The molecule has 1 amide bonds. The summed E-state index contributed by atoms with van der Waals surface area (Å²) in [4.78, 5) is 18.7. The van der Waals surface area contributed by atoms with Crippen molar-refractivity contribution in [1.82, 2.24) is 15.2 Å². The first-order valence-corrected chi connectivity index (χ1v) is 11.2. The summed E-state index contributed by atoms with van der Waals surface area (Å²) in [5, 5.41) is 7.04. The number of benzene rings is 1. The van der Waals surface area contributed by atoms with E-state index in [1.54, 1.807) is 43.5 Å². The number of hydrogen-bond donors (Lipinski definition) is 2. The maximum atomic E-state index is 13.0. The van der Waals surface area contributed by atoms with Crippen LogP contribution < -0.4 is 10.6 Å². The summed E-state index contributed by atoms with van der Waals surface area (Å²) in [5.41, 5.74) is 0.424. The van der Waals surface area contributed by atoms with Crippen LogP contribution in [0.25, 0.3) is 0 Å². The van der Waals surface area contributed by atoms with E-state index in [0.29, 0.717) is 37.8 Å². The highest BCUT2D eigenvalue weighted by molar-refractivity contribution is 7.13. The zero-order valence-corrected chi connectivity index (χ0v) is 18.6. The molecule has 0 bridgehead atoms. The highest BCUT2D eigenvalue weighted by Crippen LogP contribution is 2.33. The summed E-state index contributed by atoms with van der Waals surface area (Å²) in [7, 11) is 0. The van der Waals surface area contributed by atoms with E-state index in [1.807, 2.05) is 6.07 Å². The summed E-state index contributed by atoms with van der Waals surface area (Å²) >= 11 is 0.877. The van der Waals surface area contributed by atoms with Crippen LogP contribution in [0.5, 0.6) is 0 Å². The molecule has 0 spiro atoms. The monoisotopic (exact) mass is 480 g/mol. The van der Waals surface area contributed by atoms with Crippen LogP contribution in [0, 0.1) is 0 Å². The van der Waals surface area contributed by atoms with Crippen LogP contribution in [-0.4, -0.2) is 42.1 Å². The van der Waals surface area contributed by atoms with Gasteiger partial charge in [-0.25, -0.2) is 4.98 Å².